The summed E-state index contributed by atoms with van der Waals surface area (Å²) in [5, 5.41) is 3.29. The molecule has 1 aromatic carbocycles. The molecule has 1 fully saturated rings. The van der Waals surface area contributed by atoms with Gasteiger partial charge in [0.15, 0.2) is 11.6 Å². The quantitative estimate of drug-likeness (QED) is 0.778. The van der Waals surface area contributed by atoms with Crippen molar-refractivity contribution < 1.29 is 9.13 Å². The summed E-state index contributed by atoms with van der Waals surface area (Å²) in [6.45, 7) is 2.03. The molecule has 1 unspecified atom stereocenters. The molecule has 0 spiro atoms. The minimum atomic E-state index is -0.290. The molecule has 1 heterocycles. The van der Waals surface area contributed by atoms with Gasteiger partial charge in [-0.15, -0.1) is 0 Å². The number of hydrogen-bond donors (Lipinski definition) is 1. The van der Waals surface area contributed by atoms with Crippen LogP contribution in [0.25, 0.3) is 0 Å². The molecule has 0 radical (unpaired) electrons. The van der Waals surface area contributed by atoms with Gasteiger partial charge in [0.2, 0.25) is 0 Å². The van der Waals surface area contributed by atoms with Gasteiger partial charge in [-0.05, 0) is 36.6 Å². The molecule has 1 saturated heterocycles. The number of ether oxygens (including phenoxy) is 1. The van der Waals surface area contributed by atoms with E-state index >= 15 is 0 Å². The second-order valence-electron chi connectivity index (χ2n) is 3.58. The van der Waals surface area contributed by atoms with Crippen molar-refractivity contribution in [1.29, 1.82) is 0 Å². The lowest BCUT2D eigenvalue weighted by atomic mass is 9.98. The number of methoxy groups -OCH3 is 1. The number of nitrogens with one attached hydrogen (secondary N) is 1. The summed E-state index contributed by atoms with van der Waals surface area (Å²) in [5.74, 6) is 0.557. The molecule has 0 aromatic heterocycles. The molecule has 1 aliphatic heterocycles. The van der Waals surface area contributed by atoms with Gasteiger partial charge in [0.1, 0.15) is 0 Å². The van der Waals surface area contributed by atoms with Crippen molar-refractivity contribution in [3.8, 4) is 5.75 Å². The van der Waals surface area contributed by atoms with Gasteiger partial charge in [0, 0.05) is 6.54 Å². The highest BCUT2D eigenvalue weighted by atomic mass is 19.1. The summed E-state index contributed by atoms with van der Waals surface area (Å²) in [5.41, 5.74) is 1.16. The van der Waals surface area contributed by atoms with Crippen molar-refractivity contribution in [3.05, 3.63) is 29.6 Å². The van der Waals surface area contributed by atoms with Crippen LogP contribution in [0, 0.1) is 5.82 Å². The maximum atomic E-state index is 13.1. The van der Waals surface area contributed by atoms with Gasteiger partial charge in [0.05, 0.1) is 7.11 Å². The highest BCUT2D eigenvalue weighted by Crippen LogP contribution is 2.27. The maximum absolute atomic E-state index is 13.1. The third-order valence-electron chi connectivity index (χ3n) is 2.71. The summed E-state index contributed by atoms with van der Waals surface area (Å²) in [7, 11) is 1.50. The van der Waals surface area contributed by atoms with E-state index in [1.165, 1.54) is 13.2 Å². The Bertz CT molecular complexity index is 321. The Labute approximate surface area is 83.1 Å². The third-order valence-corrected chi connectivity index (χ3v) is 2.71. The molecule has 2 rings (SSSR count). The Morgan fingerprint density at radius 3 is 3.00 bits per heavy atom. The van der Waals surface area contributed by atoms with E-state index in [1.54, 1.807) is 6.07 Å². The highest BCUT2D eigenvalue weighted by Gasteiger charge is 2.17. The van der Waals surface area contributed by atoms with Crippen molar-refractivity contribution in [2.75, 3.05) is 20.2 Å². The zero-order valence-electron chi connectivity index (χ0n) is 8.22. The van der Waals surface area contributed by atoms with E-state index in [1.807, 2.05) is 6.07 Å². The predicted octanol–water partition coefficient (Wildman–Crippen LogP) is 1.91. The number of hydrogen-bond acceptors (Lipinski definition) is 2. The van der Waals surface area contributed by atoms with Crippen molar-refractivity contribution >= 4 is 0 Å². The van der Waals surface area contributed by atoms with Crippen LogP contribution < -0.4 is 10.1 Å². The lowest BCUT2D eigenvalue weighted by molar-refractivity contribution is 0.385. The first-order chi connectivity index (χ1) is 6.81. The predicted molar refractivity (Wildman–Crippen MR) is 53.2 cm³/mol. The molecule has 0 amide bonds. The van der Waals surface area contributed by atoms with Gasteiger partial charge in [-0.2, -0.15) is 0 Å². The molecule has 1 N–H and O–H groups in total. The van der Waals surface area contributed by atoms with Gasteiger partial charge >= 0.3 is 0 Å². The SMILES string of the molecule is COc1cc(C2CCNC2)ccc1F. The highest BCUT2D eigenvalue weighted by molar-refractivity contribution is 5.33. The minimum Gasteiger partial charge on any atom is -0.494 e. The molecule has 0 aliphatic carbocycles. The summed E-state index contributed by atoms with van der Waals surface area (Å²) in [4.78, 5) is 0. The second kappa shape index (κ2) is 3.96. The van der Waals surface area contributed by atoms with Gasteiger partial charge in [-0.3, -0.25) is 0 Å². The van der Waals surface area contributed by atoms with Gasteiger partial charge in [-0.25, -0.2) is 4.39 Å². The first-order valence-corrected chi connectivity index (χ1v) is 4.85. The van der Waals surface area contributed by atoms with Crippen LogP contribution in [0.4, 0.5) is 4.39 Å². The number of rotatable bonds is 2. The fraction of sp³-hybridized carbons (Fsp3) is 0.455. The van der Waals surface area contributed by atoms with E-state index in [4.69, 9.17) is 4.74 Å². The Kier molecular flexibility index (Phi) is 2.68. The smallest absolute Gasteiger partial charge is 0.165 e. The minimum absolute atomic E-state index is 0.290. The van der Waals surface area contributed by atoms with Crippen LogP contribution in [-0.2, 0) is 0 Å². The summed E-state index contributed by atoms with van der Waals surface area (Å²) in [6.07, 6.45) is 1.12. The second-order valence-corrected chi connectivity index (χ2v) is 3.58. The normalized spacial score (nSPS) is 21.1. The Balaban J connectivity index is 2.25. The van der Waals surface area contributed by atoms with Crippen molar-refractivity contribution in [2.24, 2.45) is 0 Å². The molecule has 1 atom stereocenters. The number of halogens is 1. The van der Waals surface area contributed by atoms with Crippen LogP contribution in [-0.4, -0.2) is 20.2 Å². The average molecular weight is 195 g/mol. The van der Waals surface area contributed by atoms with Crippen molar-refractivity contribution in [1.82, 2.24) is 5.32 Å². The van der Waals surface area contributed by atoms with Gasteiger partial charge in [-0.1, -0.05) is 6.07 Å². The fourth-order valence-electron chi connectivity index (χ4n) is 1.87. The maximum Gasteiger partial charge on any atom is 0.165 e. The largest absolute Gasteiger partial charge is 0.494 e. The monoisotopic (exact) mass is 195 g/mol. The van der Waals surface area contributed by atoms with Crippen LogP contribution in [0.15, 0.2) is 18.2 Å². The van der Waals surface area contributed by atoms with Gasteiger partial charge < -0.3 is 10.1 Å². The van der Waals surface area contributed by atoms with Crippen LogP contribution in [0.5, 0.6) is 5.75 Å². The molecule has 0 saturated carbocycles. The summed E-state index contributed by atoms with van der Waals surface area (Å²) >= 11 is 0. The van der Waals surface area contributed by atoms with Crippen LogP contribution in [0.3, 0.4) is 0 Å². The van der Waals surface area contributed by atoms with E-state index in [2.05, 4.69) is 5.32 Å². The Hall–Kier alpha value is -1.09. The molecule has 76 valence electrons. The zero-order valence-corrected chi connectivity index (χ0v) is 8.22. The molecule has 2 nitrogen and oxygen atoms in total. The molecule has 1 aliphatic rings. The van der Waals surface area contributed by atoms with Crippen LogP contribution in [0.1, 0.15) is 17.9 Å². The van der Waals surface area contributed by atoms with Crippen LogP contribution >= 0.6 is 0 Å². The Morgan fingerprint density at radius 1 is 1.50 bits per heavy atom. The van der Waals surface area contributed by atoms with E-state index in [9.17, 15) is 4.39 Å². The Morgan fingerprint density at radius 2 is 2.36 bits per heavy atom. The molecular weight excluding hydrogens is 181 g/mol. The van der Waals surface area contributed by atoms with Crippen LogP contribution in [0.2, 0.25) is 0 Å². The third kappa shape index (κ3) is 1.73. The number of benzene rings is 1. The lowest BCUT2D eigenvalue weighted by Crippen LogP contribution is -2.08. The molecule has 14 heavy (non-hydrogen) atoms. The van der Waals surface area contributed by atoms with E-state index < -0.39 is 0 Å². The van der Waals surface area contributed by atoms with E-state index in [-0.39, 0.29) is 5.82 Å². The van der Waals surface area contributed by atoms with E-state index in [0.29, 0.717) is 11.7 Å². The lowest BCUT2D eigenvalue weighted by Gasteiger charge is -2.10. The van der Waals surface area contributed by atoms with Crippen molar-refractivity contribution in [3.63, 3.8) is 0 Å². The zero-order chi connectivity index (χ0) is 9.97. The first-order valence-electron chi connectivity index (χ1n) is 4.85. The average Bonchev–Trinajstić information content (AvgIpc) is 2.71. The van der Waals surface area contributed by atoms with Gasteiger partial charge in [0.25, 0.3) is 0 Å². The molecule has 1 aromatic rings. The summed E-state index contributed by atoms with van der Waals surface area (Å²) < 4.78 is 18.1. The molecule has 0 bridgehead atoms. The first kappa shape index (κ1) is 9.46. The molecular formula is C11H14FNO. The standard InChI is InChI=1S/C11H14FNO/c1-14-11-6-8(2-3-10(11)12)9-4-5-13-7-9/h2-3,6,9,13H,4-5,7H2,1H3. The topological polar surface area (TPSA) is 21.3 Å². The fourth-order valence-corrected chi connectivity index (χ4v) is 1.87. The van der Waals surface area contributed by atoms with E-state index in [0.717, 1.165) is 25.1 Å². The molecule has 3 heteroatoms. The van der Waals surface area contributed by atoms with Crippen molar-refractivity contribution in [2.45, 2.75) is 12.3 Å². The summed E-state index contributed by atoms with van der Waals surface area (Å²) in [6, 6.07) is 5.12.